The summed E-state index contributed by atoms with van der Waals surface area (Å²) in [6.07, 6.45) is 2.27. The molecule has 1 aromatic rings. The monoisotopic (exact) mass is 301 g/mol. The van der Waals surface area contributed by atoms with Gasteiger partial charge >= 0.3 is 0 Å². The summed E-state index contributed by atoms with van der Waals surface area (Å²) >= 11 is 0. The topological polar surface area (TPSA) is 91.6 Å². The number of hydrogen-bond acceptors (Lipinski definition) is 6. The van der Waals surface area contributed by atoms with Gasteiger partial charge in [0.25, 0.3) is 0 Å². The number of nitrogens with two attached hydrogens (primary N) is 1. The summed E-state index contributed by atoms with van der Waals surface area (Å²) in [4.78, 5) is 6.07. The third-order valence-electron chi connectivity index (χ3n) is 2.89. The van der Waals surface area contributed by atoms with Gasteiger partial charge < -0.3 is 10.3 Å². The van der Waals surface area contributed by atoms with Crippen LogP contribution in [-0.2, 0) is 10.0 Å². The molecule has 0 spiro atoms. The third kappa shape index (κ3) is 4.14. The summed E-state index contributed by atoms with van der Waals surface area (Å²) in [6, 6.07) is 3.09. The lowest BCUT2D eigenvalue weighted by molar-refractivity contribution is 0.356. The van der Waals surface area contributed by atoms with Crippen molar-refractivity contribution in [1.82, 2.24) is 14.2 Å². The highest BCUT2D eigenvalue weighted by atomic mass is 32.2. The molecule has 1 heterocycles. The Labute approximate surface area is 120 Å². The van der Waals surface area contributed by atoms with E-state index in [2.05, 4.69) is 10.4 Å². The van der Waals surface area contributed by atoms with Crippen LogP contribution in [0.5, 0.6) is 0 Å². The van der Waals surface area contributed by atoms with E-state index in [0.29, 0.717) is 13.1 Å². The first-order valence-electron chi connectivity index (χ1n) is 6.50. The highest BCUT2D eigenvalue weighted by molar-refractivity contribution is 7.89. The second-order valence-electron chi connectivity index (χ2n) is 4.65. The van der Waals surface area contributed by atoms with E-state index in [0.717, 1.165) is 13.0 Å². The number of aromatic nitrogens is 1. The van der Waals surface area contributed by atoms with E-state index in [1.807, 2.05) is 25.9 Å². The van der Waals surface area contributed by atoms with Crippen LogP contribution in [0.2, 0.25) is 0 Å². The van der Waals surface area contributed by atoms with Crippen LogP contribution in [0.3, 0.4) is 0 Å². The molecule has 8 heteroatoms. The molecule has 0 aliphatic heterocycles. The van der Waals surface area contributed by atoms with Crippen molar-refractivity contribution in [3.05, 3.63) is 18.3 Å². The second kappa shape index (κ2) is 7.53. The van der Waals surface area contributed by atoms with Gasteiger partial charge in [0.2, 0.25) is 10.0 Å². The maximum atomic E-state index is 12.6. The molecule has 0 atom stereocenters. The molecule has 0 aliphatic rings. The Bertz CT molecular complexity index is 518. The van der Waals surface area contributed by atoms with Crippen molar-refractivity contribution in [1.29, 1.82) is 0 Å². The molecule has 0 unspecified atom stereocenters. The van der Waals surface area contributed by atoms with Gasteiger partial charge in [0, 0.05) is 19.3 Å². The fraction of sp³-hybridized carbons (Fsp3) is 0.583. The standard InChI is InChI=1S/C12H23N5O2S/c1-4-17(10-6-9-16(2)3)20(18,19)11-7-5-8-14-12(11)15-13/h5,7-8H,4,6,9-10,13H2,1-3H3,(H,14,15). The average molecular weight is 301 g/mol. The van der Waals surface area contributed by atoms with Gasteiger partial charge in [0.05, 0.1) is 0 Å². The molecule has 0 radical (unpaired) electrons. The van der Waals surface area contributed by atoms with Crippen LogP contribution in [0.25, 0.3) is 0 Å². The Morgan fingerprint density at radius 3 is 2.60 bits per heavy atom. The van der Waals surface area contributed by atoms with E-state index in [-0.39, 0.29) is 10.7 Å². The van der Waals surface area contributed by atoms with Gasteiger partial charge in [-0.25, -0.2) is 19.2 Å². The fourth-order valence-electron chi connectivity index (χ4n) is 1.86. The predicted octanol–water partition coefficient (Wildman–Crippen LogP) is 0.330. The molecule has 1 rings (SSSR count). The van der Waals surface area contributed by atoms with E-state index >= 15 is 0 Å². The van der Waals surface area contributed by atoms with Crippen molar-refractivity contribution >= 4 is 15.8 Å². The van der Waals surface area contributed by atoms with Crippen molar-refractivity contribution < 1.29 is 8.42 Å². The first-order chi connectivity index (χ1) is 9.43. The Hall–Kier alpha value is -1.22. The maximum absolute atomic E-state index is 12.6. The zero-order valence-corrected chi connectivity index (χ0v) is 13.0. The van der Waals surface area contributed by atoms with Gasteiger partial charge in [0.1, 0.15) is 4.90 Å². The number of anilines is 1. The molecular formula is C12H23N5O2S. The van der Waals surface area contributed by atoms with Crippen molar-refractivity contribution in [2.75, 3.05) is 39.2 Å². The highest BCUT2D eigenvalue weighted by Gasteiger charge is 2.25. The molecule has 3 N–H and O–H groups in total. The van der Waals surface area contributed by atoms with Crippen LogP contribution in [0, 0.1) is 0 Å². The van der Waals surface area contributed by atoms with Crippen LogP contribution in [0.15, 0.2) is 23.2 Å². The van der Waals surface area contributed by atoms with Crippen LogP contribution in [-0.4, -0.2) is 56.3 Å². The summed E-state index contributed by atoms with van der Waals surface area (Å²) in [7, 11) is 0.339. The number of hydrazine groups is 1. The minimum Gasteiger partial charge on any atom is -0.309 e. The van der Waals surface area contributed by atoms with Crippen LogP contribution < -0.4 is 11.3 Å². The summed E-state index contributed by atoms with van der Waals surface area (Å²) in [5.41, 5.74) is 2.33. The van der Waals surface area contributed by atoms with E-state index in [9.17, 15) is 8.42 Å². The van der Waals surface area contributed by atoms with Crippen molar-refractivity contribution in [3.8, 4) is 0 Å². The van der Waals surface area contributed by atoms with Crippen molar-refractivity contribution in [2.24, 2.45) is 5.84 Å². The fourth-order valence-corrected chi connectivity index (χ4v) is 3.45. The van der Waals surface area contributed by atoms with E-state index in [1.54, 1.807) is 6.07 Å². The Morgan fingerprint density at radius 2 is 2.05 bits per heavy atom. The molecule has 114 valence electrons. The lowest BCUT2D eigenvalue weighted by Crippen LogP contribution is -2.34. The van der Waals surface area contributed by atoms with Gasteiger partial charge in [-0.2, -0.15) is 4.31 Å². The number of nitrogens with zero attached hydrogens (tertiary/aromatic N) is 3. The number of hydrogen-bond donors (Lipinski definition) is 2. The van der Waals surface area contributed by atoms with E-state index < -0.39 is 10.0 Å². The van der Waals surface area contributed by atoms with Crippen LogP contribution in [0.1, 0.15) is 13.3 Å². The van der Waals surface area contributed by atoms with Gasteiger partial charge in [0.15, 0.2) is 5.82 Å². The summed E-state index contributed by atoms with van der Waals surface area (Å²) < 4.78 is 26.6. The van der Waals surface area contributed by atoms with Crippen molar-refractivity contribution in [3.63, 3.8) is 0 Å². The molecule has 1 aromatic heterocycles. The minimum atomic E-state index is -3.58. The number of rotatable bonds is 8. The van der Waals surface area contributed by atoms with E-state index in [1.165, 1.54) is 16.6 Å². The minimum absolute atomic E-state index is 0.106. The normalized spacial score (nSPS) is 12.1. The molecule has 0 aromatic carbocycles. The number of nitrogen functional groups attached to an aromatic ring is 1. The zero-order chi connectivity index (χ0) is 15.2. The quantitative estimate of drug-likeness (QED) is 0.531. The number of pyridine rings is 1. The Balaban J connectivity index is 2.94. The Kier molecular flexibility index (Phi) is 6.34. The smallest absolute Gasteiger partial charge is 0.246 e. The molecule has 0 saturated heterocycles. The van der Waals surface area contributed by atoms with Crippen LogP contribution >= 0.6 is 0 Å². The summed E-state index contributed by atoms with van der Waals surface area (Å²) in [5.74, 6) is 5.49. The first kappa shape index (κ1) is 16.8. The molecule has 0 saturated carbocycles. The van der Waals surface area contributed by atoms with Crippen LogP contribution in [0.4, 0.5) is 5.82 Å². The van der Waals surface area contributed by atoms with Crippen molar-refractivity contribution in [2.45, 2.75) is 18.2 Å². The summed E-state index contributed by atoms with van der Waals surface area (Å²) in [5, 5.41) is 0. The molecule has 20 heavy (non-hydrogen) atoms. The predicted molar refractivity (Wildman–Crippen MR) is 79.7 cm³/mol. The lowest BCUT2D eigenvalue weighted by atomic mass is 10.4. The molecule has 0 aliphatic carbocycles. The van der Waals surface area contributed by atoms with Gasteiger partial charge in [-0.05, 0) is 39.2 Å². The maximum Gasteiger partial charge on any atom is 0.246 e. The van der Waals surface area contributed by atoms with Gasteiger partial charge in [-0.1, -0.05) is 6.92 Å². The average Bonchev–Trinajstić information content (AvgIpc) is 2.43. The zero-order valence-electron chi connectivity index (χ0n) is 12.2. The van der Waals surface area contributed by atoms with E-state index in [4.69, 9.17) is 5.84 Å². The molecule has 0 amide bonds. The molecular weight excluding hydrogens is 278 g/mol. The second-order valence-corrected chi connectivity index (χ2v) is 6.55. The highest BCUT2D eigenvalue weighted by Crippen LogP contribution is 2.21. The molecule has 0 bridgehead atoms. The summed E-state index contributed by atoms with van der Waals surface area (Å²) in [6.45, 7) is 3.53. The van der Waals surface area contributed by atoms with Gasteiger partial charge in [-0.15, -0.1) is 0 Å². The largest absolute Gasteiger partial charge is 0.309 e. The Morgan fingerprint density at radius 1 is 1.35 bits per heavy atom. The first-order valence-corrected chi connectivity index (χ1v) is 7.94. The van der Waals surface area contributed by atoms with Gasteiger partial charge in [-0.3, -0.25) is 0 Å². The SMILES string of the molecule is CCN(CCCN(C)C)S(=O)(=O)c1cccnc1NN. The molecule has 7 nitrogen and oxygen atoms in total. The third-order valence-corrected chi connectivity index (χ3v) is 4.90. The number of sulfonamides is 1. The molecule has 0 fully saturated rings. The number of nitrogens with one attached hydrogen (secondary N) is 1. The lowest BCUT2D eigenvalue weighted by Gasteiger charge is -2.22.